The number of nitrogens with zero attached hydrogens (tertiary/aromatic N) is 3. The molecule has 88 valence electrons. The third kappa shape index (κ3) is 2.69. The SMILES string of the molecule is Cn1nc(-c2ccccc2)nc1CCC(=O)O. The van der Waals surface area contributed by atoms with Crippen molar-refractivity contribution in [3.8, 4) is 11.4 Å². The molecule has 0 bridgehead atoms. The molecule has 1 N–H and O–H groups in total. The lowest BCUT2D eigenvalue weighted by Gasteiger charge is -1.95. The van der Waals surface area contributed by atoms with Crippen LogP contribution in [0.1, 0.15) is 12.2 Å². The maximum atomic E-state index is 10.5. The van der Waals surface area contributed by atoms with E-state index in [2.05, 4.69) is 10.1 Å². The molecular formula is C12H13N3O2. The summed E-state index contributed by atoms with van der Waals surface area (Å²) in [5, 5.41) is 12.9. The number of benzene rings is 1. The molecule has 1 aromatic heterocycles. The van der Waals surface area contributed by atoms with Gasteiger partial charge in [-0.25, -0.2) is 4.98 Å². The lowest BCUT2D eigenvalue weighted by molar-refractivity contribution is -0.137. The summed E-state index contributed by atoms with van der Waals surface area (Å²) in [6.45, 7) is 0. The van der Waals surface area contributed by atoms with Crippen molar-refractivity contribution in [3.05, 3.63) is 36.2 Å². The van der Waals surface area contributed by atoms with Crippen LogP contribution in [-0.2, 0) is 18.3 Å². The van der Waals surface area contributed by atoms with Crippen molar-refractivity contribution in [2.24, 2.45) is 7.05 Å². The largest absolute Gasteiger partial charge is 0.481 e. The number of rotatable bonds is 4. The molecule has 0 aliphatic heterocycles. The van der Waals surface area contributed by atoms with Gasteiger partial charge in [-0.3, -0.25) is 9.48 Å². The first-order valence-corrected chi connectivity index (χ1v) is 5.34. The highest BCUT2D eigenvalue weighted by Gasteiger charge is 2.09. The van der Waals surface area contributed by atoms with Crippen molar-refractivity contribution >= 4 is 5.97 Å². The van der Waals surface area contributed by atoms with Gasteiger partial charge in [0.1, 0.15) is 5.82 Å². The first-order chi connectivity index (χ1) is 8.16. The van der Waals surface area contributed by atoms with Crippen LogP contribution in [0.4, 0.5) is 0 Å². The van der Waals surface area contributed by atoms with Gasteiger partial charge in [0, 0.05) is 19.0 Å². The topological polar surface area (TPSA) is 68.0 Å². The smallest absolute Gasteiger partial charge is 0.303 e. The summed E-state index contributed by atoms with van der Waals surface area (Å²) < 4.78 is 1.63. The van der Waals surface area contributed by atoms with Crippen molar-refractivity contribution < 1.29 is 9.90 Å². The van der Waals surface area contributed by atoms with E-state index in [9.17, 15) is 4.79 Å². The van der Waals surface area contributed by atoms with Gasteiger partial charge in [-0.1, -0.05) is 30.3 Å². The summed E-state index contributed by atoms with van der Waals surface area (Å²) in [7, 11) is 1.77. The fourth-order valence-electron chi connectivity index (χ4n) is 1.56. The molecule has 0 atom stereocenters. The Morgan fingerprint density at radius 1 is 1.35 bits per heavy atom. The average molecular weight is 231 g/mol. The van der Waals surface area contributed by atoms with Gasteiger partial charge in [0.15, 0.2) is 5.82 Å². The molecule has 0 unspecified atom stereocenters. The van der Waals surface area contributed by atoms with Crippen molar-refractivity contribution in [2.75, 3.05) is 0 Å². The highest BCUT2D eigenvalue weighted by atomic mass is 16.4. The Morgan fingerprint density at radius 2 is 2.06 bits per heavy atom. The predicted octanol–water partition coefficient (Wildman–Crippen LogP) is 1.50. The minimum Gasteiger partial charge on any atom is -0.481 e. The van der Waals surface area contributed by atoms with Crippen LogP contribution in [0.5, 0.6) is 0 Å². The maximum absolute atomic E-state index is 10.5. The van der Waals surface area contributed by atoms with Crippen LogP contribution in [0.15, 0.2) is 30.3 Å². The van der Waals surface area contributed by atoms with E-state index in [0.29, 0.717) is 18.1 Å². The zero-order chi connectivity index (χ0) is 12.3. The van der Waals surface area contributed by atoms with Crippen LogP contribution >= 0.6 is 0 Å². The summed E-state index contributed by atoms with van der Waals surface area (Å²) in [4.78, 5) is 14.8. The third-order valence-electron chi connectivity index (χ3n) is 2.45. The number of aryl methyl sites for hydroxylation is 2. The molecule has 5 heteroatoms. The van der Waals surface area contributed by atoms with E-state index >= 15 is 0 Å². The van der Waals surface area contributed by atoms with Crippen LogP contribution in [0.2, 0.25) is 0 Å². The molecule has 0 amide bonds. The minimum atomic E-state index is -0.825. The van der Waals surface area contributed by atoms with E-state index < -0.39 is 5.97 Å². The van der Waals surface area contributed by atoms with Crippen LogP contribution in [0.25, 0.3) is 11.4 Å². The number of carboxylic acid groups (broad SMARTS) is 1. The van der Waals surface area contributed by atoms with Crippen molar-refractivity contribution in [1.82, 2.24) is 14.8 Å². The lowest BCUT2D eigenvalue weighted by atomic mass is 10.2. The summed E-state index contributed by atoms with van der Waals surface area (Å²) in [6, 6.07) is 9.62. The summed E-state index contributed by atoms with van der Waals surface area (Å²) in [6.07, 6.45) is 0.465. The van der Waals surface area contributed by atoms with E-state index in [-0.39, 0.29) is 6.42 Å². The zero-order valence-electron chi connectivity index (χ0n) is 9.50. The fraction of sp³-hybridized carbons (Fsp3) is 0.250. The molecule has 0 fully saturated rings. The van der Waals surface area contributed by atoms with Gasteiger partial charge in [0.25, 0.3) is 0 Å². The first kappa shape index (κ1) is 11.3. The van der Waals surface area contributed by atoms with E-state index in [1.165, 1.54) is 0 Å². The second-order valence-corrected chi connectivity index (χ2v) is 3.74. The lowest BCUT2D eigenvalue weighted by Crippen LogP contribution is -2.03. The third-order valence-corrected chi connectivity index (χ3v) is 2.45. The minimum absolute atomic E-state index is 0.0702. The number of aliphatic carboxylic acids is 1. The van der Waals surface area contributed by atoms with Crippen molar-refractivity contribution in [3.63, 3.8) is 0 Å². The molecule has 2 aromatic rings. The second-order valence-electron chi connectivity index (χ2n) is 3.74. The molecule has 5 nitrogen and oxygen atoms in total. The first-order valence-electron chi connectivity index (χ1n) is 5.34. The van der Waals surface area contributed by atoms with E-state index in [1.807, 2.05) is 30.3 Å². The molecule has 0 aliphatic carbocycles. The summed E-state index contributed by atoms with van der Waals surface area (Å²) in [5.41, 5.74) is 0.935. The Hall–Kier alpha value is -2.17. The number of carboxylic acids is 1. The van der Waals surface area contributed by atoms with E-state index in [1.54, 1.807) is 11.7 Å². The van der Waals surface area contributed by atoms with Gasteiger partial charge in [-0.2, -0.15) is 5.10 Å². The summed E-state index contributed by atoms with van der Waals surface area (Å²) in [5.74, 6) is 0.494. The predicted molar refractivity (Wildman–Crippen MR) is 62.4 cm³/mol. The number of carbonyl (C=O) groups is 1. The Bertz CT molecular complexity index is 520. The normalized spacial score (nSPS) is 10.4. The van der Waals surface area contributed by atoms with Gasteiger partial charge < -0.3 is 5.11 Å². The second kappa shape index (κ2) is 4.78. The van der Waals surface area contributed by atoms with Crippen LogP contribution in [0, 0.1) is 0 Å². The van der Waals surface area contributed by atoms with E-state index in [0.717, 1.165) is 5.56 Å². The fourth-order valence-corrected chi connectivity index (χ4v) is 1.56. The number of aromatic nitrogens is 3. The van der Waals surface area contributed by atoms with Crippen LogP contribution < -0.4 is 0 Å². The molecule has 2 rings (SSSR count). The van der Waals surface area contributed by atoms with Gasteiger partial charge >= 0.3 is 5.97 Å². The zero-order valence-corrected chi connectivity index (χ0v) is 9.50. The molecular weight excluding hydrogens is 218 g/mol. The molecule has 0 saturated heterocycles. The Balaban J connectivity index is 2.22. The standard InChI is InChI=1S/C12H13N3O2/c1-15-10(7-8-11(16)17)13-12(14-15)9-5-3-2-4-6-9/h2-6H,7-8H2,1H3,(H,16,17). The molecule has 0 saturated carbocycles. The molecule has 0 aliphatic rings. The number of hydrogen-bond donors (Lipinski definition) is 1. The highest BCUT2D eigenvalue weighted by molar-refractivity contribution is 5.67. The van der Waals surface area contributed by atoms with Crippen LogP contribution in [0.3, 0.4) is 0 Å². The van der Waals surface area contributed by atoms with E-state index in [4.69, 9.17) is 5.11 Å². The number of hydrogen-bond acceptors (Lipinski definition) is 3. The average Bonchev–Trinajstić information content (AvgIpc) is 2.69. The highest BCUT2D eigenvalue weighted by Crippen LogP contribution is 2.14. The van der Waals surface area contributed by atoms with Gasteiger partial charge in [0.05, 0.1) is 6.42 Å². The molecule has 0 spiro atoms. The monoisotopic (exact) mass is 231 g/mol. The Morgan fingerprint density at radius 3 is 2.71 bits per heavy atom. The molecule has 1 heterocycles. The molecule has 1 aromatic carbocycles. The van der Waals surface area contributed by atoms with Gasteiger partial charge in [-0.15, -0.1) is 0 Å². The summed E-state index contributed by atoms with van der Waals surface area (Å²) >= 11 is 0. The Labute approximate surface area is 98.7 Å². The van der Waals surface area contributed by atoms with Crippen LogP contribution in [-0.4, -0.2) is 25.8 Å². The Kier molecular flexibility index (Phi) is 3.18. The maximum Gasteiger partial charge on any atom is 0.303 e. The molecule has 17 heavy (non-hydrogen) atoms. The van der Waals surface area contributed by atoms with Crippen molar-refractivity contribution in [1.29, 1.82) is 0 Å². The van der Waals surface area contributed by atoms with Gasteiger partial charge in [-0.05, 0) is 0 Å². The molecule has 0 radical (unpaired) electrons. The quantitative estimate of drug-likeness (QED) is 0.865. The van der Waals surface area contributed by atoms with Gasteiger partial charge in [0.2, 0.25) is 0 Å². The van der Waals surface area contributed by atoms with Crippen molar-refractivity contribution in [2.45, 2.75) is 12.8 Å².